The summed E-state index contributed by atoms with van der Waals surface area (Å²) in [6.45, 7) is 4.01. The highest BCUT2D eigenvalue weighted by Crippen LogP contribution is 2.23. The SMILES string of the molecule is Cc1ccc(N(CC(=O)N(C)Cc2ccccc2)S(C)(=O)=O)c(C)c1. The highest BCUT2D eigenvalue weighted by Gasteiger charge is 2.24. The fraction of sp³-hybridized carbons (Fsp3) is 0.316. The number of aryl methyl sites for hydroxylation is 2. The monoisotopic (exact) mass is 360 g/mol. The number of sulfonamides is 1. The summed E-state index contributed by atoms with van der Waals surface area (Å²) in [7, 11) is -1.89. The Hall–Kier alpha value is -2.34. The van der Waals surface area contributed by atoms with Crippen molar-refractivity contribution in [2.45, 2.75) is 20.4 Å². The Morgan fingerprint density at radius 1 is 1.04 bits per heavy atom. The summed E-state index contributed by atoms with van der Waals surface area (Å²) >= 11 is 0. The van der Waals surface area contributed by atoms with Crippen LogP contribution in [0.5, 0.6) is 0 Å². The van der Waals surface area contributed by atoms with Crippen molar-refractivity contribution in [3.63, 3.8) is 0 Å². The molecule has 0 heterocycles. The maximum absolute atomic E-state index is 12.6. The number of likely N-dealkylation sites (N-methyl/N-ethyl adjacent to an activating group) is 1. The Labute approximate surface area is 149 Å². The molecule has 0 saturated carbocycles. The van der Waals surface area contributed by atoms with Gasteiger partial charge in [0.2, 0.25) is 15.9 Å². The van der Waals surface area contributed by atoms with E-state index in [-0.39, 0.29) is 12.5 Å². The van der Waals surface area contributed by atoms with Crippen molar-refractivity contribution in [3.8, 4) is 0 Å². The van der Waals surface area contributed by atoms with E-state index in [1.807, 2.05) is 56.3 Å². The number of nitrogens with zero attached hydrogens (tertiary/aromatic N) is 2. The average Bonchev–Trinajstić information content (AvgIpc) is 2.53. The standard InChI is InChI=1S/C19H24N2O3S/c1-15-10-11-18(16(2)12-15)21(25(4,23)24)14-19(22)20(3)13-17-8-6-5-7-9-17/h5-12H,13-14H2,1-4H3. The van der Waals surface area contributed by atoms with Crippen molar-refractivity contribution in [1.82, 2.24) is 4.90 Å². The lowest BCUT2D eigenvalue weighted by molar-refractivity contribution is -0.128. The molecule has 0 fully saturated rings. The van der Waals surface area contributed by atoms with Crippen molar-refractivity contribution in [3.05, 3.63) is 65.2 Å². The molecule has 2 aromatic rings. The molecule has 0 aliphatic carbocycles. The summed E-state index contributed by atoms with van der Waals surface area (Å²) in [5.41, 5.74) is 3.40. The van der Waals surface area contributed by atoms with Gasteiger partial charge in [-0.15, -0.1) is 0 Å². The summed E-state index contributed by atoms with van der Waals surface area (Å²) in [5.74, 6) is -0.255. The van der Waals surface area contributed by atoms with Gasteiger partial charge in [-0.25, -0.2) is 8.42 Å². The molecule has 1 amide bonds. The fourth-order valence-electron chi connectivity index (χ4n) is 2.66. The summed E-state index contributed by atoms with van der Waals surface area (Å²) < 4.78 is 25.7. The molecule has 0 unspecified atom stereocenters. The van der Waals surface area contributed by atoms with E-state index in [0.29, 0.717) is 12.2 Å². The van der Waals surface area contributed by atoms with Gasteiger partial charge < -0.3 is 4.90 Å². The van der Waals surface area contributed by atoms with E-state index in [2.05, 4.69) is 0 Å². The molecule has 0 atom stereocenters. The Bertz CT molecular complexity index is 848. The molecule has 2 rings (SSSR count). The minimum Gasteiger partial charge on any atom is -0.340 e. The molecular formula is C19H24N2O3S. The molecule has 0 aliphatic rings. The molecule has 0 radical (unpaired) electrons. The number of hydrogen-bond donors (Lipinski definition) is 0. The van der Waals surface area contributed by atoms with Crippen molar-refractivity contribution in [2.24, 2.45) is 0 Å². The second-order valence-electron chi connectivity index (χ2n) is 6.29. The molecule has 25 heavy (non-hydrogen) atoms. The summed E-state index contributed by atoms with van der Waals surface area (Å²) in [6, 6.07) is 15.1. The number of carbonyl (C=O) groups is 1. The van der Waals surface area contributed by atoms with Crippen molar-refractivity contribution >= 4 is 21.6 Å². The first-order chi connectivity index (χ1) is 11.7. The number of benzene rings is 2. The zero-order valence-electron chi connectivity index (χ0n) is 15.1. The van der Waals surface area contributed by atoms with Crippen molar-refractivity contribution < 1.29 is 13.2 Å². The molecule has 0 spiro atoms. The number of carbonyl (C=O) groups excluding carboxylic acids is 1. The smallest absolute Gasteiger partial charge is 0.243 e. The van der Waals surface area contributed by atoms with Gasteiger partial charge in [0.1, 0.15) is 6.54 Å². The second kappa shape index (κ2) is 7.70. The topological polar surface area (TPSA) is 57.7 Å². The van der Waals surface area contributed by atoms with Crippen LogP contribution >= 0.6 is 0 Å². The number of anilines is 1. The lowest BCUT2D eigenvalue weighted by Gasteiger charge is -2.26. The zero-order valence-corrected chi connectivity index (χ0v) is 15.9. The molecule has 0 N–H and O–H groups in total. The van der Waals surface area contributed by atoms with E-state index in [0.717, 1.165) is 22.9 Å². The van der Waals surface area contributed by atoms with Crippen LogP contribution in [0.2, 0.25) is 0 Å². The van der Waals surface area contributed by atoms with E-state index in [1.165, 1.54) is 9.21 Å². The first kappa shape index (κ1) is 19.0. The van der Waals surface area contributed by atoms with Crippen LogP contribution < -0.4 is 4.31 Å². The third-order valence-corrected chi connectivity index (χ3v) is 5.11. The van der Waals surface area contributed by atoms with Crippen LogP contribution in [0, 0.1) is 13.8 Å². The molecule has 134 valence electrons. The van der Waals surface area contributed by atoms with Crippen molar-refractivity contribution in [2.75, 3.05) is 24.2 Å². The number of rotatable bonds is 6. The van der Waals surface area contributed by atoms with Gasteiger partial charge in [-0.3, -0.25) is 9.10 Å². The minimum atomic E-state index is -3.57. The Balaban J connectivity index is 2.21. The summed E-state index contributed by atoms with van der Waals surface area (Å²) in [4.78, 5) is 14.1. The molecule has 0 aliphatic heterocycles. The molecular weight excluding hydrogens is 336 g/mol. The number of amides is 1. The van der Waals surface area contributed by atoms with Gasteiger partial charge in [0, 0.05) is 13.6 Å². The first-order valence-corrected chi connectivity index (χ1v) is 9.86. The first-order valence-electron chi connectivity index (χ1n) is 8.01. The lowest BCUT2D eigenvalue weighted by Crippen LogP contribution is -2.41. The van der Waals surface area contributed by atoms with Gasteiger partial charge in [0.25, 0.3) is 0 Å². The van der Waals surface area contributed by atoms with Crippen LogP contribution in [0.25, 0.3) is 0 Å². The second-order valence-corrected chi connectivity index (χ2v) is 8.20. The molecule has 0 saturated heterocycles. The highest BCUT2D eigenvalue weighted by atomic mass is 32.2. The Kier molecular flexibility index (Phi) is 5.85. The predicted octanol–water partition coefficient (Wildman–Crippen LogP) is 2.73. The highest BCUT2D eigenvalue weighted by molar-refractivity contribution is 7.92. The Morgan fingerprint density at radius 2 is 1.68 bits per heavy atom. The van der Waals surface area contributed by atoms with E-state index < -0.39 is 10.0 Å². The van der Waals surface area contributed by atoms with Gasteiger partial charge in [-0.2, -0.15) is 0 Å². The quantitative estimate of drug-likeness (QED) is 0.796. The lowest BCUT2D eigenvalue weighted by atomic mass is 10.1. The van der Waals surface area contributed by atoms with Crippen LogP contribution in [0.4, 0.5) is 5.69 Å². The predicted molar refractivity (Wildman–Crippen MR) is 101 cm³/mol. The van der Waals surface area contributed by atoms with Crippen LogP contribution in [0.1, 0.15) is 16.7 Å². The van der Waals surface area contributed by atoms with Gasteiger partial charge in [-0.05, 0) is 31.0 Å². The van der Waals surface area contributed by atoms with Crippen LogP contribution in [-0.2, 0) is 21.4 Å². The summed E-state index contributed by atoms with van der Waals surface area (Å²) in [5, 5.41) is 0. The fourth-order valence-corrected chi connectivity index (χ4v) is 3.56. The van der Waals surface area contributed by atoms with E-state index in [9.17, 15) is 13.2 Å². The van der Waals surface area contributed by atoms with E-state index in [4.69, 9.17) is 0 Å². The van der Waals surface area contributed by atoms with Gasteiger partial charge in [-0.1, -0.05) is 48.0 Å². The maximum Gasteiger partial charge on any atom is 0.243 e. The van der Waals surface area contributed by atoms with Crippen molar-refractivity contribution in [1.29, 1.82) is 0 Å². The van der Waals surface area contributed by atoms with Gasteiger partial charge in [0.05, 0.1) is 11.9 Å². The third-order valence-electron chi connectivity index (χ3n) is 3.99. The van der Waals surface area contributed by atoms with Gasteiger partial charge in [0.15, 0.2) is 0 Å². The zero-order chi connectivity index (χ0) is 18.6. The Morgan fingerprint density at radius 3 is 2.24 bits per heavy atom. The van der Waals surface area contributed by atoms with Crippen LogP contribution in [-0.4, -0.2) is 39.1 Å². The molecule has 2 aromatic carbocycles. The normalized spacial score (nSPS) is 11.2. The maximum atomic E-state index is 12.6. The molecule has 6 heteroatoms. The minimum absolute atomic E-state index is 0.216. The largest absolute Gasteiger partial charge is 0.340 e. The average molecular weight is 360 g/mol. The summed E-state index contributed by atoms with van der Waals surface area (Å²) in [6.07, 6.45) is 1.12. The van der Waals surface area contributed by atoms with Gasteiger partial charge >= 0.3 is 0 Å². The third kappa shape index (κ3) is 5.06. The molecule has 0 bridgehead atoms. The van der Waals surface area contributed by atoms with Crippen LogP contribution in [0.3, 0.4) is 0 Å². The van der Waals surface area contributed by atoms with E-state index >= 15 is 0 Å². The van der Waals surface area contributed by atoms with E-state index in [1.54, 1.807) is 13.1 Å². The molecule has 5 nitrogen and oxygen atoms in total. The van der Waals surface area contributed by atoms with Crippen LogP contribution in [0.15, 0.2) is 48.5 Å². The number of hydrogen-bond acceptors (Lipinski definition) is 3. The molecule has 0 aromatic heterocycles.